The van der Waals surface area contributed by atoms with Gasteiger partial charge in [0.1, 0.15) is 42.1 Å². The van der Waals surface area contributed by atoms with Gasteiger partial charge in [-0.3, -0.25) is 32.0 Å². The average Bonchev–Trinajstić information content (AvgIpc) is 3.76. The molecule has 6 N–H and O–H groups in total. The lowest BCUT2D eigenvalue weighted by Gasteiger charge is -2.27. The Morgan fingerprint density at radius 2 is 1.57 bits per heavy atom. The van der Waals surface area contributed by atoms with Gasteiger partial charge in [-0.15, -0.1) is 0 Å². The molecule has 0 spiro atoms. The number of aliphatic hydroxyl groups is 1. The third-order valence-electron chi connectivity index (χ3n) is 8.23. The summed E-state index contributed by atoms with van der Waals surface area (Å²) in [5.74, 6) is -0.328. The minimum Gasteiger partial charge on any atom is -0.386 e. The third-order valence-corrected chi connectivity index (χ3v) is 10.2. The molecular formula is C24H31N9O12P2. The van der Waals surface area contributed by atoms with Crippen LogP contribution in [0.1, 0.15) is 38.0 Å². The predicted molar refractivity (Wildman–Crippen MR) is 156 cm³/mol. The van der Waals surface area contributed by atoms with E-state index in [2.05, 4.69) is 29.9 Å². The van der Waals surface area contributed by atoms with Gasteiger partial charge in [0, 0.05) is 5.92 Å². The summed E-state index contributed by atoms with van der Waals surface area (Å²) in [7, 11) is -9.91. The van der Waals surface area contributed by atoms with Gasteiger partial charge in [0.15, 0.2) is 35.1 Å². The van der Waals surface area contributed by atoms with Crippen LogP contribution in [-0.2, 0) is 36.7 Å². The van der Waals surface area contributed by atoms with E-state index in [1.807, 2.05) is 6.92 Å². The molecule has 0 aromatic carbocycles. The van der Waals surface area contributed by atoms with Gasteiger partial charge in [0.25, 0.3) is 5.56 Å². The van der Waals surface area contributed by atoms with Gasteiger partial charge in [-0.1, -0.05) is 13.3 Å². The van der Waals surface area contributed by atoms with Crippen molar-refractivity contribution in [1.29, 1.82) is 0 Å². The summed E-state index contributed by atoms with van der Waals surface area (Å²) in [6, 6.07) is 0. The summed E-state index contributed by atoms with van der Waals surface area (Å²) >= 11 is 0. The first kappa shape index (κ1) is 32.4. The zero-order valence-corrected chi connectivity index (χ0v) is 26.6. The molecule has 10 atom stereocenters. The second-order valence-corrected chi connectivity index (χ2v) is 14.1. The standard InChI is InChI=1S/C24H31N9O12P2/c1-3-4-11-12-5-40-47(38,39)45-18-13(43-23(16(18)34)32-8-28-14-19(25)26-7-27-20(14)32)6-41-46(36,37)44-17(11)24(42-12)33-9-29-15-21(33)30-10(2)31-22(15)35/h7-9,11-13,16-18,23-24,34H,3-6H2,1-2H3,(H,36,37)(H,38,39)(H2,25,26,27)(H,30,31,35)/t11-,12+,13+,16?,17?,18-,23+,24+/m0/s1. The SMILES string of the molecule is CCC[C@@H]1C2OP(=O)(O)OC[C@H]3O[C@@H](n4cnc5c(N)ncnc54)C(O)[C@H]3OP(=O)(O)OC[C@H]1O[C@H]2n1cnc2c(=O)[nH]c(C)nc21. The highest BCUT2D eigenvalue weighted by atomic mass is 31.2. The number of H-pyrrole nitrogens is 1. The molecule has 47 heavy (non-hydrogen) atoms. The van der Waals surface area contributed by atoms with Gasteiger partial charge in [-0.25, -0.2) is 34.0 Å². The fourth-order valence-corrected chi connectivity index (χ4v) is 8.11. The normalized spacial score (nSPS) is 36.6. The lowest BCUT2D eigenvalue weighted by molar-refractivity contribution is -0.0671. The van der Waals surface area contributed by atoms with Gasteiger partial charge in [0.05, 0.1) is 32.0 Å². The van der Waals surface area contributed by atoms with Crippen molar-refractivity contribution in [2.45, 2.75) is 69.7 Å². The van der Waals surface area contributed by atoms with Crippen molar-refractivity contribution in [3.05, 3.63) is 35.2 Å². The quantitative estimate of drug-likeness (QED) is 0.181. The van der Waals surface area contributed by atoms with Crippen LogP contribution >= 0.6 is 15.6 Å². The van der Waals surface area contributed by atoms with Gasteiger partial charge in [0.2, 0.25) is 0 Å². The van der Waals surface area contributed by atoms with Crippen LogP contribution in [0, 0.1) is 12.8 Å². The first-order valence-electron chi connectivity index (χ1n) is 14.5. The summed E-state index contributed by atoms with van der Waals surface area (Å²) in [6.07, 6.45) is -4.68. The number of nitrogens with zero attached hydrogens (tertiary/aromatic N) is 7. The Morgan fingerprint density at radius 1 is 0.936 bits per heavy atom. The van der Waals surface area contributed by atoms with Crippen molar-refractivity contribution in [2.75, 3.05) is 18.9 Å². The number of hydrogen-bond acceptors (Lipinski definition) is 16. The highest BCUT2D eigenvalue weighted by Crippen LogP contribution is 2.55. The molecule has 0 aliphatic carbocycles. The number of nitrogens with two attached hydrogens (primary N) is 1. The molecule has 4 unspecified atom stereocenters. The topological polar surface area (TPSA) is 283 Å². The smallest absolute Gasteiger partial charge is 0.386 e. The highest BCUT2D eigenvalue weighted by molar-refractivity contribution is 7.47. The van der Waals surface area contributed by atoms with E-state index in [1.165, 1.54) is 28.1 Å². The molecule has 3 aliphatic rings. The molecule has 2 bridgehead atoms. The number of nitrogens with one attached hydrogen (secondary N) is 1. The largest absolute Gasteiger partial charge is 0.472 e. The minimum absolute atomic E-state index is 0.00635. The van der Waals surface area contributed by atoms with Gasteiger partial charge < -0.3 is 35.1 Å². The molecule has 7 rings (SSSR count). The maximum Gasteiger partial charge on any atom is 0.472 e. The number of aromatic amines is 1. The maximum atomic E-state index is 13.5. The van der Waals surface area contributed by atoms with Crippen molar-refractivity contribution >= 4 is 43.8 Å². The van der Waals surface area contributed by atoms with E-state index < -0.39 is 83.3 Å². The lowest BCUT2D eigenvalue weighted by Crippen LogP contribution is -2.36. The van der Waals surface area contributed by atoms with Crippen LogP contribution < -0.4 is 11.3 Å². The molecule has 4 aromatic rings. The third kappa shape index (κ3) is 5.91. The number of ether oxygens (including phenoxy) is 2. The number of aryl methyl sites for hydroxylation is 1. The molecule has 23 heteroatoms. The monoisotopic (exact) mass is 699 g/mol. The molecule has 3 saturated heterocycles. The minimum atomic E-state index is -4.96. The number of aromatic nitrogens is 8. The molecule has 0 amide bonds. The first-order chi connectivity index (χ1) is 22.4. The molecule has 4 aromatic heterocycles. The van der Waals surface area contributed by atoms with Gasteiger partial charge in [-0.2, -0.15) is 0 Å². The van der Waals surface area contributed by atoms with Crippen molar-refractivity contribution in [1.82, 2.24) is 39.0 Å². The number of hydrogen-bond donors (Lipinski definition) is 5. The number of imidazole rings is 2. The zero-order valence-electron chi connectivity index (χ0n) is 24.8. The van der Waals surface area contributed by atoms with E-state index in [0.29, 0.717) is 12.8 Å². The second-order valence-electron chi connectivity index (χ2n) is 11.3. The molecule has 3 fully saturated rings. The van der Waals surface area contributed by atoms with Crippen LogP contribution in [0.5, 0.6) is 0 Å². The van der Waals surface area contributed by atoms with Crippen LogP contribution in [0.25, 0.3) is 22.3 Å². The van der Waals surface area contributed by atoms with E-state index in [9.17, 15) is 28.8 Å². The Balaban J connectivity index is 1.23. The van der Waals surface area contributed by atoms with Crippen LogP contribution in [0.2, 0.25) is 0 Å². The number of nitrogen functional groups attached to an aromatic ring is 1. The van der Waals surface area contributed by atoms with Crippen LogP contribution in [0.3, 0.4) is 0 Å². The fraction of sp³-hybridized carbons (Fsp3) is 0.583. The van der Waals surface area contributed by atoms with Gasteiger partial charge >= 0.3 is 15.6 Å². The molecule has 21 nitrogen and oxygen atoms in total. The molecule has 0 radical (unpaired) electrons. The van der Waals surface area contributed by atoms with Crippen LogP contribution in [-0.4, -0.2) is 97.7 Å². The van der Waals surface area contributed by atoms with Crippen molar-refractivity contribution in [2.24, 2.45) is 5.92 Å². The molecule has 254 valence electrons. The predicted octanol–water partition coefficient (Wildman–Crippen LogP) is 0.440. The summed E-state index contributed by atoms with van der Waals surface area (Å²) < 4.78 is 63.6. The Labute approximate surface area is 264 Å². The van der Waals surface area contributed by atoms with Crippen molar-refractivity contribution < 1.29 is 51.6 Å². The number of phosphoric ester groups is 2. The average molecular weight is 700 g/mol. The van der Waals surface area contributed by atoms with E-state index in [0.717, 1.165) is 0 Å². The number of anilines is 1. The van der Waals surface area contributed by atoms with E-state index in [1.54, 1.807) is 6.92 Å². The molecule has 0 saturated carbocycles. The van der Waals surface area contributed by atoms with Gasteiger partial charge in [-0.05, 0) is 13.3 Å². The Kier molecular flexibility index (Phi) is 8.29. The Bertz CT molecular complexity index is 1970. The maximum absolute atomic E-state index is 13.5. The lowest BCUT2D eigenvalue weighted by atomic mass is 9.93. The van der Waals surface area contributed by atoms with E-state index >= 15 is 0 Å². The summed E-state index contributed by atoms with van der Waals surface area (Å²) in [6.45, 7) is 2.18. The van der Waals surface area contributed by atoms with E-state index in [-0.39, 0.29) is 34.0 Å². The number of fused-ring (bicyclic) bond motifs is 5. The van der Waals surface area contributed by atoms with Crippen molar-refractivity contribution in [3.63, 3.8) is 0 Å². The molecular weight excluding hydrogens is 668 g/mol. The molecule has 7 heterocycles. The van der Waals surface area contributed by atoms with Crippen LogP contribution in [0.15, 0.2) is 23.8 Å². The number of phosphoric acid groups is 2. The summed E-state index contributed by atoms with van der Waals surface area (Å²) in [5, 5.41) is 11.2. The fourth-order valence-electron chi connectivity index (χ4n) is 6.18. The molecule has 3 aliphatic heterocycles. The van der Waals surface area contributed by atoms with E-state index in [4.69, 9.17) is 33.3 Å². The summed E-state index contributed by atoms with van der Waals surface area (Å²) in [5.41, 5.74) is 5.87. The second kappa shape index (κ2) is 12.0. The Hall–Kier alpha value is -3.20. The van der Waals surface area contributed by atoms with Crippen LogP contribution in [0.4, 0.5) is 5.82 Å². The zero-order chi connectivity index (χ0) is 33.2. The first-order valence-corrected chi connectivity index (χ1v) is 17.5. The summed E-state index contributed by atoms with van der Waals surface area (Å²) in [4.78, 5) is 57.5. The van der Waals surface area contributed by atoms with Crippen molar-refractivity contribution in [3.8, 4) is 0 Å². The Morgan fingerprint density at radius 3 is 2.30 bits per heavy atom. The number of rotatable bonds is 4. The highest BCUT2D eigenvalue weighted by Gasteiger charge is 2.54. The number of aliphatic hydroxyl groups excluding tert-OH is 1.